The molecule has 0 bridgehead atoms. The van der Waals surface area contributed by atoms with E-state index in [9.17, 15) is 4.79 Å². The van der Waals surface area contributed by atoms with Crippen LogP contribution in [0.3, 0.4) is 0 Å². The Labute approximate surface area is 161 Å². The molecular weight excluding hydrogens is 338 g/mol. The SMILES string of the molecule is Cn1cc(CCN2CCC3(CCC(=O)N(Cc4cccnc4)C3)CC2)cn1. The number of aryl methyl sites for hydroxylation is 1. The molecule has 0 aliphatic carbocycles. The first-order valence-corrected chi connectivity index (χ1v) is 9.99. The number of nitrogens with zero attached hydrogens (tertiary/aromatic N) is 5. The van der Waals surface area contributed by atoms with Crippen molar-refractivity contribution < 1.29 is 4.79 Å². The maximum absolute atomic E-state index is 12.4. The second-order valence-electron chi connectivity index (χ2n) is 8.22. The van der Waals surface area contributed by atoms with Gasteiger partial charge in [0.1, 0.15) is 0 Å². The molecule has 0 N–H and O–H groups in total. The van der Waals surface area contributed by atoms with Crippen LogP contribution in [0.5, 0.6) is 0 Å². The molecule has 2 aromatic rings. The minimum absolute atomic E-state index is 0.295. The topological polar surface area (TPSA) is 54.3 Å². The Morgan fingerprint density at radius 2 is 2.00 bits per heavy atom. The summed E-state index contributed by atoms with van der Waals surface area (Å²) in [6.45, 7) is 4.96. The van der Waals surface area contributed by atoms with E-state index in [2.05, 4.69) is 32.1 Å². The van der Waals surface area contributed by atoms with Crippen LogP contribution in [-0.4, -0.2) is 56.7 Å². The van der Waals surface area contributed by atoms with Crippen LogP contribution < -0.4 is 0 Å². The van der Waals surface area contributed by atoms with Crippen molar-refractivity contribution in [3.63, 3.8) is 0 Å². The molecule has 0 aromatic carbocycles. The lowest BCUT2D eigenvalue weighted by molar-refractivity contribution is -0.139. The average Bonchev–Trinajstić information content (AvgIpc) is 3.11. The Hall–Kier alpha value is -2.21. The molecule has 2 aliphatic heterocycles. The van der Waals surface area contributed by atoms with Gasteiger partial charge in [-0.15, -0.1) is 0 Å². The molecule has 4 rings (SSSR count). The van der Waals surface area contributed by atoms with Gasteiger partial charge in [0.25, 0.3) is 0 Å². The van der Waals surface area contributed by atoms with Gasteiger partial charge >= 0.3 is 0 Å². The summed E-state index contributed by atoms with van der Waals surface area (Å²) in [6.07, 6.45) is 12.9. The average molecular weight is 367 g/mol. The molecule has 6 heteroatoms. The Balaban J connectivity index is 1.31. The van der Waals surface area contributed by atoms with Crippen LogP contribution >= 0.6 is 0 Å². The first kappa shape index (κ1) is 18.2. The fourth-order valence-corrected chi connectivity index (χ4v) is 4.51. The minimum atomic E-state index is 0.295. The molecule has 0 atom stereocenters. The van der Waals surface area contributed by atoms with Gasteiger partial charge in [-0.3, -0.25) is 14.5 Å². The van der Waals surface area contributed by atoms with E-state index in [0.717, 1.165) is 44.6 Å². The summed E-state index contributed by atoms with van der Waals surface area (Å²) in [5, 5.41) is 4.25. The zero-order valence-electron chi connectivity index (χ0n) is 16.2. The predicted octanol–water partition coefficient (Wildman–Crippen LogP) is 2.26. The standard InChI is InChI=1S/C21H29N5O/c1-24-15-19(14-23-24)5-10-25-11-7-21(8-12-25)6-4-20(27)26(17-21)16-18-3-2-9-22-13-18/h2-3,9,13-15H,4-8,10-12,16-17H2,1H3. The molecule has 2 saturated heterocycles. The van der Waals surface area contributed by atoms with Gasteiger partial charge < -0.3 is 9.80 Å². The lowest BCUT2D eigenvalue weighted by Gasteiger charge is -2.47. The van der Waals surface area contributed by atoms with E-state index in [0.29, 0.717) is 24.3 Å². The van der Waals surface area contributed by atoms with E-state index in [-0.39, 0.29) is 0 Å². The number of likely N-dealkylation sites (tertiary alicyclic amines) is 2. The van der Waals surface area contributed by atoms with Gasteiger partial charge in [-0.2, -0.15) is 5.10 Å². The summed E-state index contributed by atoms with van der Waals surface area (Å²) in [4.78, 5) is 21.3. The van der Waals surface area contributed by atoms with Crippen LogP contribution in [0.1, 0.15) is 36.8 Å². The van der Waals surface area contributed by atoms with Gasteiger partial charge in [0.15, 0.2) is 0 Å². The lowest BCUT2D eigenvalue weighted by atomic mass is 9.72. The molecule has 0 radical (unpaired) electrons. The van der Waals surface area contributed by atoms with Crippen molar-refractivity contribution in [2.75, 3.05) is 26.2 Å². The lowest BCUT2D eigenvalue weighted by Crippen LogP contribution is -2.51. The molecule has 4 heterocycles. The summed E-state index contributed by atoms with van der Waals surface area (Å²) in [6, 6.07) is 4.00. The number of hydrogen-bond acceptors (Lipinski definition) is 4. The van der Waals surface area contributed by atoms with Crippen LogP contribution in [0.4, 0.5) is 0 Å². The normalized spacial score (nSPS) is 20.3. The molecule has 6 nitrogen and oxygen atoms in total. The fraction of sp³-hybridized carbons (Fsp3) is 0.571. The van der Waals surface area contributed by atoms with E-state index in [1.807, 2.05) is 30.2 Å². The molecule has 0 saturated carbocycles. The van der Waals surface area contributed by atoms with E-state index in [4.69, 9.17) is 0 Å². The van der Waals surface area contributed by atoms with E-state index in [1.165, 1.54) is 18.4 Å². The van der Waals surface area contributed by atoms with Crippen molar-refractivity contribution in [1.29, 1.82) is 0 Å². The van der Waals surface area contributed by atoms with Gasteiger partial charge in [0, 0.05) is 51.7 Å². The highest BCUT2D eigenvalue weighted by molar-refractivity contribution is 5.77. The summed E-state index contributed by atoms with van der Waals surface area (Å²) in [5.41, 5.74) is 2.74. The smallest absolute Gasteiger partial charge is 0.222 e. The molecule has 1 amide bonds. The zero-order chi connectivity index (χ0) is 18.7. The van der Waals surface area contributed by atoms with Gasteiger partial charge in [-0.25, -0.2) is 0 Å². The van der Waals surface area contributed by atoms with E-state index >= 15 is 0 Å². The van der Waals surface area contributed by atoms with Crippen molar-refractivity contribution in [3.8, 4) is 0 Å². The minimum Gasteiger partial charge on any atom is -0.338 e. The van der Waals surface area contributed by atoms with Gasteiger partial charge in [0.05, 0.1) is 6.20 Å². The molecule has 0 unspecified atom stereocenters. The predicted molar refractivity (Wildman–Crippen MR) is 104 cm³/mol. The first-order chi connectivity index (χ1) is 13.1. The Morgan fingerprint density at radius 3 is 2.70 bits per heavy atom. The summed E-state index contributed by atoms with van der Waals surface area (Å²) in [7, 11) is 1.97. The maximum Gasteiger partial charge on any atom is 0.222 e. The monoisotopic (exact) mass is 367 g/mol. The Morgan fingerprint density at radius 1 is 1.15 bits per heavy atom. The molecule has 1 spiro atoms. The molecule has 2 fully saturated rings. The number of aromatic nitrogens is 3. The third-order valence-corrected chi connectivity index (χ3v) is 6.24. The van der Waals surface area contributed by atoms with Crippen molar-refractivity contribution in [3.05, 3.63) is 48.0 Å². The highest BCUT2D eigenvalue weighted by Crippen LogP contribution is 2.40. The van der Waals surface area contributed by atoms with E-state index in [1.54, 1.807) is 6.20 Å². The van der Waals surface area contributed by atoms with Gasteiger partial charge in [-0.05, 0) is 61.4 Å². The second kappa shape index (κ2) is 7.80. The Kier molecular flexibility index (Phi) is 5.25. The van der Waals surface area contributed by atoms with Crippen LogP contribution in [0.15, 0.2) is 36.9 Å². The second-order valence-corrected chi connectivity index (χ2v) is 8.22. The van der Waals surface area contributed by atoms with Crippen molar-refractivity contribution >= 4 is 5.91 Å². The van der Waals surface area contributed by atoms with Crippen LogP contribution in [-0.2, 0) is 24.8 Å². The third kappa shape index (κ3) is 4.38. The first-order valence-electron chi connectivity index (χ1n) is 9.99. The maximum atomic E-state index is 12.4. The number of piperidine rings is 2. The third-order valence-electron chi connectivity index (χ3n) is 6.24. The summed E-state index contributed by atoms with van der Waals surface area (Å²) in [5.74, 6) is 0.295. The molecule has 27 heavy (non-hydrogen) atoms. The van der Waals surface area contributed by atoms with Crippen molar-refractivity contribution in [2.45, 2.75) is 38.6 Å². The molecular formula is C21H29N5O. The van der Waals surface area contributed by atoms with Crippen LogP contribution in [0.25, 0.3) is 0 Å². The van der Waals surface area contributed by atoms with Crippen LogP contribution in [0.2, 0.25) is 0 Å². The van der Waals surface area contributed by atoms with Crippen LogP contribution in [0, 0.1) is 5.41 Å². The van der Waals surface area contributed by atoms with Gasteiger partial charge in [0.2, 0.25) is 5.91 Å². The zero-order valence-corrected chi connectivity index (χ0v) is 16.2. The quantitative estimate of drug-likeness (QED) is 0.813. The number of pyridine rings is 1. The fourth-order valence-electron chi connectivity index (χ4n) is 4.51. The number of carbonyl (C=O) groups is 1. The largest absolute Gasteiger partial charge is 0.338 e. The highest BCUT2D eigenvalue weighted by atomic mass is 16.2. The van der Waals surface area contributed by atoms with Crippen molar-refractivity contribution in [1.82, 2.24) is 24.6 Å². The number of rotatable bonds is 5. The number of carbonyl (C=O) groups excluding carboxylic acids is 1. The molecule has 2 aliphatic rings. The summed E-state index contributed by atoms with van der Waals surface area (Å²) < 4.78 is 1.87. The molecule has 144 valence electrons. The molecule has 2 aromatic heterocycles. The summed E-state index contributed by atoms with van der Waals surface area (Å²) >= 11 is 0. The van der Waals surface area contributed by atoms with E-state index < -0.39 is 0 Å². The highest BCUT2D eigenvalue weighted by Gasteiger charge is 2.40. The number of amides is 1. The van der Waals surface area contributed by atoms with Crippen molar-refractivity contribution in [2.24, 2.45) is 12.5 Å². The number of hydrogen-bond donors (Lipinski definition) is 0. The Bertz CT molecular complexity index is 764. The van der Waals surface area contributed by atoms with Gasteiger partial charge in [-0.1, -0.05) is 6.07 Å².